The second-order valence-electron chi connectivity index (χ2n) is 2.05. The molecule has 0 radical (unpaired) electrons. The molecule has 0 aliphatic carbocycles. The van der Waals surface area contributed by atoms with Gasteiger partial charge in [0.25, 0.3) is 5.92 Å². The molecule has 1 atom stereocenters. The Bertz CT molecular complexity index is 89.5. The van der Waals surface area contributed by atoms with Gasteiger partial charge in [0.05, 0.1) is 0 Å². The SMILES string of the molecule is CCOC(CF)C(C)(F)F. The average molecular weight is 156 g/mol. The third-order valence-corrected chi connectivity index (χ3v) is 1.07. The highest BCUT2D eigenvalue weighted by Crippen LogP contribution is 2.20. The predicted molar refractivity (Wildman–Crippen MR) is 32.0 cm³/mol. The number of rotatable bonds is 4. The van der Waals surface area contributed by atoms with E-state index in [1.54, 1.807) is 6.92 Å². The number of halogens is 3. The monoisotopic (exact) mass is 156 g/mol. The molecule has 0 bridgehead atoms. The molecule has 0 aliphatic rings. The van der Waals surface area contributed by atoms with Crippen LogP contribution in [0.2, 0.25) is 0 Å². The summed E-state index contributed by atoms with van der Waals surface area (Å²) in [5.74, 6) is -3.08. The lowest BCUT2D eigenvalue weighted by atomic mass is 10.2. The van der Waals surface area contributed by atoms with Crippen molar-refractivity contribution < 1.29 is 17.9 Å². The quantitative estimate of drug-likeness (QED) is 0.605. The molecule has 1 unspecified atom stereocenters. The minimum atomic E-state index is -3.08. The number of hydrogen-bond acceptors (Lipinski definition) is 1. The summed E-state index contributed by atoms with van der Waals surface area (Å²) in [6.45, 7) is 1.16. The molecule has 0 aromatic rings. The maximum Gasteiger partial charge on any atom is 0.273 e. The molecule has 0 saturated carbocycles. The molecule has 0 amide bonds. The fraction of sp³-hybridized carbons (Fsp3) is 1.00. The molecule has 0 rings (SSSR count). The van der Waals surface area contributed by atoms with Gasteiger partial charge in [0, 0.05) is 13.5 Å². The highest BCUT2D eigenvalue weighted by atomic mass is 19.3. The van der Waals surface area contributed by atoms with Crippen LogP contribution in [-0.2, 0) is 4.74 Å². The topological polar surface area (TPSA) is 9.23 Å². The first kappa shape index (κ1) is 9.75. The van der Waals surface area contributed by atoms with E-state index in [4.69, 9.17) is 0 Å². The van der Waals surface area contributed by atoms with E-state index in [9.17, 15) is 13.2 Å². The Morgan fingerprint density at radius 3 is 2.10 bits per heavy atom. The standard InChI is InChI=1S/C6H11F3O/c1-3-10-5(4-7)6(2,8)9/h5H,3-4H2,1-2H3. The van der Waals surface area contributed by atoms with Crippen molar-refractivity contribution in [2.45, 2.75) is 25.9 Å². The molecule has 0 spiro atoms. The van der Waals surface area contributed by atoms with Gasteiger partial charge in [-0.05, 0) is 6.92 Å². The first-order chi connectivity index (χ1) is 4.52. The molecule has 4 heteroatoms. The Hall–Kier alpha value is -0.250. The summed E-state index contributed by atoms with van der Waals surface area (Å²) in [7, 11) is 0. The summed E-state index contributed by atoms with van der Waals surface area (Å²) in [5.41, 5.74) is 0. The summed E-state index contributed by atoms with van der Waals surface area (Å²) in [4.78, 5) is 0. The fourth-order valence-electron chi connectivity index (χ4n) is 0.528. The molecule has 0 N–H and O–H groups in total. The Balaban J connectivity index is 3.81. The van der Waals surface area contributed by atoms with Gasteiger partial charge in [-0.25, -0.2) is 13.2 Å². The van der Waals surface area contributed by atoms with Crippen LogP contribution in [-0.4, -0.2) is 25.3 Å². The molecule has 0 heterocycles. The van der Waals surface area contributed by atoms with Crippen molar-refractivity contribution in [3.63, 3.8) is 0 Å². The Morgan fingerprint density at radius 2 is 2.00 bits per heavy atom. The first-order valence-corrected chi connectivity index (χ1v) is 3.07. The van der Waals surface area contributed by atoms with Crippen molar-refractivity contribution in [1.82, 2.24) is 0 Å². The van der Waals surface area contributed by atoms with Gasteiger partial charge in [-0.1, -0.05) is 0 Å². The molecule has 1 nitrogen and oxygen atoms in total. The van der Waals surface area contributed by atoms with Crippen LogP contribution in [0.1, 0.15) is 13.8 Å². The number of hydrogen-bond donors (Lipinski definition) is 0. The second kappa shape index (κ2) is 3.81. The average Bonchev–Trinajstić information content (AvgIpc) is 1.80. The number of ether oxygens (including phenoxy) is 1. The molecule has 0 aromatic carbocycles. The van der Waals surface area contributed by atoms with Gasteiger partial charge in [0.15, 0.2) is 0 Å². The lowest BCUT2D eigenvalue weighted by molar-refractivity contribution is -0.129. The van der Waals surface area contributed by atoms with E-state index in [-0.39, 0.29) is 6.61 Å². The maximum atomic E-state index is 12.2. The smallest absolute Gasteiger partial charge is 0.273 e. The van der Waals surface area contributed by atoms with Crippen molar-refractivity contribution in [2.24, 2.45) is 0 Å². The second-order valence-corrected chi connectivity index (χ2v) is 2.05. The largest absolute Gasteiger partial charge is 0.369 e. The Labute approximate surface area is 58.2 Å². The van der Waals surface area contributed by atoms with Gasteiger partial charge in [-0.15, -0.1) is 0 Å². The highest BCUT2D eigenvalue weighted by molar-refractivity contribution is 4.71. The predicted octanol–water partition coefficient (Wildman–Crippen LogP) is 2.02. The molecule has 0 aliphatic heterocycles. The van der Waals surface area contributed by atoms with E-state index in [2.05, 4.69) is 4.74 Å². The summed E-state index contributed by atoms with van der Waals surface area (Å²) in [6, 6.07) is 0. The van der Waals surface area contributed by atoms with Crippen LogP contribution in [0.3, 0.4) is 0 Å². The van der Waals surface area contributed by atoms with E-state index in [1.807, 2.05) is 0 Å². The van der Waals surface area contributed by atoms with Gasteiger partial charge in [0.2, 0.25) is 0 Å². The van der Waals surface area contributed by atoms with Gasteiger partial charge in [-0.2, -0.15) is 0 Å². The van der Waals surface area contributed by atoms with Gasteiger partial charge >= 0.3 is 0 Å². The third-order valence-electron chi connectivity index (χ3n) is 1.07. The highest BCUT2D eigenvalue weighted by Gasteiger charge is 2.34. The maximum absolute atomic E-state index is 12.2. The van der Waals surface area contributed by atoms with Crippen LogP contribution in [0.4, 0.5) is 13.2 Å². The van der Waals surface area contributed by atoms with Crippen LogP contribution in [0, 0.1) is 0 Å². The molecule has 0 saturated heterocycles. The van der Waals surface area contributed by atoms with Crippen LogP contribution in [0.15, 0.2) is 0 Å². The molecule has 0 fully saturated rings. The third kappa shape index (κ3) is 3.06. The van der Waals surface area contributed by atoms with Crippen LogP contribution in [0.5, 0.6) is 0 Å². The lowest BCUT2D eigenvalue weighted by Crippen LogP contribution is -2.34. The first-order valence-electron chi connectivity index (χ1n) is 3.07. The van der Waals surface area contributed by atoms with Crippen molar-refractivity contribution in [2.75, 3.05) is 13.3 Å². The molecule has 0 aromatic heterocycles. The zero-order valence-electron chi connectivity index (χ0n) is 6.03. The van der Waals surface area contributed by atoms with Gasteiger partial charge < -0.3 is 4.74 Å². The van der Waals surface area contributed by atoms with E-state index >= 15 is 0 Å². The van der Waals surface area contributed by atoms with E-state index < -0.39 is 18.7 Å². The van der Waals surface area contributed by atoms with Crippen LogP contribution >= 0.6 is 0 Å². The van der Waals surface area contributed by atoms with Gasteiger partial charge in [0.1, 0.15) is 12.8 Å². The zero-order valence-corrected chi connectivity index (χ0v) is 6.03. The van der Waals surface area contributed by atoms with Crippen LogP contribution < -0.4 is 0 Å². The summed E-state index contributed by atoms with van der Waals surface area (Å²) < 4.78 is 40.6. The number of alkyl halides is 3. The van der Waals surface area contributed by atoms with E-state index in [0.29, 0.717) is 6.92 Å². The normalized spacial score (nSPS) is 15.3. The molecular formula is C6H11F3O. The fourth-order valence-corrected chi connectivity index (χ4v) is 0.528. The van der Waals surface area contributed by atoms with E-state index in [1.165, 1.54) is 0 Å². The molecule has 62 valence electrons. The van der Waals surface area contributed by atoms with Crippen LogP contribution in [0.25, 0.3) is 0 Å². The Kier molecular flexibility index (Phi) is 3.71. The lowest BCUT2D eigenvalue weighted by Gasteiger charge is -2.19. The van der Waals surface area contributed by atoms with Crippen molar-refractivity contribution in [3.8, 4) is 0 Å². The molecular weight excluding hydrogens is 145 g/mol. The summed E-state index contributed by atoms with van der Waals surface area (Å²) >= 11 is 0. The zero-order chi connectivity index (χ0) is 8.20. The Morgan fingerprint density at radius 1 is 1.50 bits per heavy atom. The van der Waals surface area contributed by atoms with Crippen molar-refractivity contribution >= 4 is 0 Å². The summed E-state index contributed by atoms with van der Waals surface area (Å²) in [6.07, 6.45) is -1.59. The van der Waals surface area contributed by atoms with E-state index in [0.717, 1.165) is 0 Å². The molecule has 10 heavy (non-hydrogen) atoms. The van der Waals surface area contributed by atoms with Crippen molar-refractivity contribution in [3.05, 3.63) is 0 Å². The minimum absolute atomic E-state index is 0.109. The van der Waals surface area contributed by atoms with Gasteiger partial charge in [-0.3, -0.25) is 0 Å². The minimum Gasteiger partial charge on any atom is -0.369 e. The summed E-state index contributed by atoms with van der Waals surface area (Å²) in [5, 5.41) is 0. The van der Waals surface area contributed by atoms with Crippen molar-refractivity contribution in [1.29, 1.82) is 0 Å².